The number of benzene rings is 1. The Labute approximate surface area is 120 Å². The summed E-state index contributed by atoms with van der Waals surface area (Å²) in [5, 5.41) is 4.55. The summed E-state index contributed by atoms with van der Waals surface area (Å²) in [4.78, 5) is 11.2. The second kappa shape index (κ2) is 6.51. The first-order chi connectivity index (χ1) is 9.63. The Morgan fingerprint density at radius 1 is 1.25 bits per heavy atom. The van der Waals surface area contributed by atoms with Crippen LogP contribution in [0.25, 0.3) is 11.3 Å². The molecular formula is C17H22N2O. The number of aldehydes is 1. The van der Waals surface area contributed by atoms with Crippen molar-refractivity contribution in [2.24, 2.45) is 5.92 Å². The molecule has 0 aliphatic heterocycles. The van der Waals surface area contributed by atoms with Crippen LogP contribution in [0.15, 0.2) is 30.5 Å². The summed E-state index contributed by atoms with van der Waals surface area (Å²) in [5.41, 5.74) is 3.78. The lowest BCUT2D eigenvalue weighted by atomic mass is 10.0. The highest BCUT2D eigenvalue weighted by Gasteiger charge is 2.11. The maximum atomic E-state index is 11.2. The zero-order valence-corrected chi connectivity index (χ0v) is 12.5. The number of hydrogen-bond donors (Lipinski definition) is 0. The first-order valence-electron chi connectivity index (χ1n) is 7.26. The van der Waals surface area contributed by atoms with Crippen molar-refractivity contribution in [1.29, 1.82) is 0 Å². The summed E-state index contributed by atoms with van der Waals surface area (Å²) in [7, 11) is 0. The molecule has 0 spiro atoms. The molecular weight excluding hydrogens is 248 g/mol. The fourth-order valence-electron chi connectivity index (χ4n) is 2.33. The SMILES string of the molecule is CCCc1ccc(-c2nn(CC(C)C)cc2C=O)cc1. The van der Waals surface area contributed by atoms with Crippen LogP contribution in [0.4, 0.5) is 0 Å². The number of carbonyl (C=O) groups is 1. The van der Waals surface area contributed by atoms with E-state index in [1.54, 1.807) is 0 Å². The lowest BCUT2D eigenvalue weighted by Crippen LogP contribution is -2.04. The number of aryl methyl sites for hydroxylation is 1. The smallest absolute Gasteiger partial charge is 0.153 e. The fraction of sp³-hybridized carbons (Fsp3) is 0.412. The molecule has 1 aromatic carbocycles. The van der Waals surface area contributed by atoms with Gasteiger partial charge in [0.1, 0.15) is 5.69 Å². The minimum absolute atomic E-state index is 0.509. The monoisotopic (exact) mass is 270 g/mol. The van der Waals surface area contributed by atoms with E-state index in [2.05, 4.69) is 50.1 Å². The molecule has 3 heteroatoms. The molecule has 20 heavy (non-hydrogen) atoms. The maximum absolute atomic E-state index is 11.2. The quantitative estimate of drug-likeness (QED) is 0.744. The van der Waals surface area contributed by atoms with Crippen LogP contribution in [-0.4, -0.2) is 16.1 Å². The van der Waals surface area contributed by atoms with E-state index in [9.17, 15) is 4.79 Å². The predicted molar refractivity (Wildman–Crippen MR) is 81.9 cm³/mol. The number of carbonyl (C=O) groups excluding carboxylic acids is 1. The van der Waals surface area contributed by atoms with Gasteiger partial charge in [-0.25, -0.2) is 0 Å². The van der Waals surface area contributed by atoms with E-state index in [-0.39, 0.29) is 0 Å². The van der Waals surface area contributed by atoms with E-state index >= 15 is 0 Å². The Morgan fingerprint density at radius 2 is 1.95 bits per heavy atom. The molecule has 2 rings (SSSR count). The van der Waals surface area contributed by atoms with Gasteiger partial charge < -0.3 is 0 Å². The summed E-state index contributed by atoms with van der Waals surface area (Å²) in [6.07, 6.45) is 4.95. The number of nitrogens with zero attached hydrogens (tertiary/aromatic N) is 2. The predicted octanol–water partition coefficient (Wildman–Crippen LogP) is 3.97. The van der Waals surface area contributed by atoms with Gasteiger partial charge in [-0.15, -0.1) is 0 Å². The Balaban J connectivity index is 2.30. The van der Waals surface area contributed by atoms with E-state index in [0.717, 1.165) is 36.9 Å². The van der Waals surface area contributed by atoms with Gasteiger partial charge in [0, 0.05) is 18.3 Å². The average molecular weight is 270 g/mol. The summed E-state index contributed by atoms with van der Waals surface area (Å²) in [6, 6.07) is 8.35. The Kier molecular flexibility index (Phi) is 4.72. The summed E-state index contributed by atoms with van der Waals surface area (Å²) < 4.78 is 1.86. The van der Waals surface area contributed by atoms with Gasteiger partial charge in [0.05, 0.1) is 5.56 Å². The largest absolute Gasteiger partial charge is 0.298 e. The van der Waals surface area contributed by atoms with Crippen molar-refractivity contribution in [3.63, 3.8) is 0 Å². The van der Waals surface area contributed by atoms with Crippen molar-refractivity contribution in [1.82, 2.24) is 9.78 Å². The first-order valence-corrected chi connectivity index (χ1v) is 7.26. The normalized spacial score (nSPS) is 11.0. The lowest BCUT2D eigenvalue weighted by molar-refractivity contribution is 0.112. The zero-order chi connectivity index (χ0) is 14.5. The zero-order valence-electron chi connectivity index (χ0n) is 12.5. The second-order valence-electron chi connectivity index (χ2n) is 5.61. The maximum Gasteiger partial charge on any atom is 0.153 e. The molecule has 0 aliphatic carbocycles. The molecule has 106 valence electrons. The minimum atomic E-state index is 0.509. The van der Waals surface area contributed by atoms with E-state index in [1.165, 1.54) is 5.56 Å². The number of aromatic nitrogens is 2. The molecule has 1 heterocycles. The van der Waals surface area contributed by atoms with E-state index in [0.29, 0.717) is 11.5 Å². The number of hydrogen-bond acceptors (Lipinski definition) is 2. The molecule has 0 radical (unpaired) electrons. The van der Waals surface area contributed by atoms with Crippen molar-refractivity contribution >= 4 is 6.29 Å². The molecule has 0 atom stereocenters. The van der Waals surface area contributed by atoms with Crippen LogP contribution in [0.5, 0.6) is 0 Å². The van der Waals surface area contributed by atoms with Crippen LogP contribution in [0.2, 0.25) is 0 Å². The lowest BCUT2D eigenvalue weighted by Gasteiger charge is -2.04. The number of rotatable bonds is 6. The fourth-order valence-corrected chi connectivity index (χ4v) is 2.33. The molecule has 0 amide bonds. The van der Waals surface area contributed by atoms with Crippen LogP contribution in [0, 0.1) is 5.92 Å². The van der Waals surface area contributed by atoms with Gasteiger partial charge in [-0.2, -0.15) is 5.10 Å². The molecule has 0 bridgehead atoms. The summed E-state index contributed by atoms with van der Waals surface area (Å²) in [5.74, 6) is 0.509. The van der Waals surface area contributed by atoms with Crippen LogP contribution < -0.4 is 0 Å². The van der Waals surface area contributed by atoms with Crippen molar-refractivity contribution in [3.05, 3.63) is 41.6 Å². The van der Waals surface area contributed by atoms with E-state index in [4.69, 9.17) is 0 Å². The van der Waals surface area contributed by atoms with Gasteiger partial charge in [-0.3, -0.25) is 9.48 Å². The van der Waals surface area contributed by atoms with Gasteiger partial charge in [-0.1, -0.05) is 51.5 Å². The van der Waals surface area contributed by atoms with Gasteiger partial charge in [0.15, 0.2) is 6.29 Å². The molecule has 0 N–H and O–H groups in total. The molecule has 2 aromatic rings. The Hall–Kier alpha value is -1.90. The van der Waals surface area contributed by atoms with Crippen molar-refractivity contribution in [2.45, 2.75) is 40.2 Å². The summed E-state index contributed by atoms with van der Waals surface area (Å²) in [6.45, 7) is 7.28. The van der Waals surface area contributed by atoms with Gasteiger partial charge in [0.2, 0.25) is 0 Å². The molecule has 0 aliphatic rings. The van der Waals surface area contributed by atoms with Crippen molar-refractivity contribution < 1.29 is 4.79 Å². The van der Waals surface area contributed by atoms with Crippen LogP contribution in [0.3, 0.4) is 0 Å². The highest BCUT2D eigenvalue weighted by Crippen LogP contribution is 2.22. The molecule has 1 aromatic heterocycles. The topological polar surface area (TPSA) is 34.9 Å². The van der Waals surface area contributed by atoms with E-state index in [1.807, 2.05) is 10.9 Å². The minimum Gasteiger partial charge on any atom is -0.298 e. The highest BCUT2D eigenvalue weighted by molar-refractivity contribution is 5.85. The molecule has 0 saturated heterocycles. The van der Waals surface area contributed by atoms with Gasteiger partial charge in [-0.05, 0) is 17.9 Å². The van der Waals surface area contributed by atoms with Crippen LogP contribution >= 0.6 is 0 Å². The van der Waals surface area contributed by atoms with Gasteiger partial charge in [0.25, 0.3) is 0 Å². The Morgan fingerprint density at radius 3 is 2.50 bits per heavy atom. The summed E-state index contributed by atoms with van der Waals surface area (Å²) >= 11 is 0. The van der Waals surface area contributed by atoms with Crippen molar-refractivity contribution in [3.8, 4) is 11.3 Å². The average Bonchev–Trinajstić information content (AvgIpc) is 2.82. The van der Waals surface area contributed by atoms with Crippen LogP contribution in [0.1, 0.15) is 43.1 Å². The van der Waals surface area contributed by atoms with E-state index < -0.39 is 0 Å². The molecule has 0 unspecified atom stereocenters. The molecule has 0 saturated carbocycles. The molecule has 0 fully saturated rings. The third kappa shape index (κ3) is 3.35. The standard InChI is InChI=1S/C17H22N2O/c1-4-5-14-6-8-15(9-7-14)17-16(12-20)11-19(18-17)10-13(2)3/h6-9,11-13H,4-5,10H2,1-3H3. The highest BCUT2D eigenvalue weighted by atomic mass is 16.1. The molecule has 3 nitrogen and oxygen atoms in total. The second-order valence-corrected chi connectivity index (χ2v) is 5.61. The Bertz CT molecular complexity index is 567. The van der Waals surface area contributed by atoms with Gasteiger partial charge >= 0.3 is 0 Å². The van der Waals surface area contributed by atoms with Crippen LogP contribution in [-0.2, 0) is 13.0 Å². The third-order valence-electron chi connectivity index (χ3n) is 3.24. The van der Waals surface area contributed by atoms with Crippen molar-refractivity contribution in [2.75, 3.05) is 0 Å². The first kappa shape index (κ1) is 14.5. The third-order valence-corrected chi connectivity index (χ3v) is 3.24.